The first kappa shape index (κ1) is 17.9. The maximum absolute atomic E-state index is 12.6. The average molecular weight is 325 g/mol. The maximum atomic E-state index is 12.6. The zero-order valence-electron chi connectivity index (χ0n) is 14.1. The maximum Gasteiger partial charge on any atom is 0.316 e. The number of hydrogen-bond donors (Lipinski definition) is 0. The summed E-state index contributed by atoms with van der Waals surface area (Å²) in [7, 11) is 0. The highest BCUT2D eigenvalue weighted by atomic mass is 16.5. The van der Waals surface area contributed by atoms with Crippen LogP contribution in [0.3, 0.4) is 0 Å². The third kappa shape index (κ3) is 4.53. The van der Waals surface area contributed by atoms with Gasteiger partial charge in [0.25, 0.3) is 0 Å². The minimum Gasteiger partial charge on any atom is -0.465 e. The molecule has 0 aromatic rings. The van der Waals surface area contributed by atoms with Gasteiger partial charge in [-0.05, 0) is 26.7 Å². The van der Waals surface area contributed by atoms with E-state index in [0.717, 1.165) is 25.7 Å². The molecule has 0 aromatic heterocycles. The molecule has 0 unspecified atom stereocenters. The smallest absolute Gasteiger partial charge is 0.316 e. The Morgan fingerprint density at radius 3 is 2.52 bits per heavy atom. The topological polar surface area (TPSA) is 72.9 Å². The summed E-state index contributed by atoms with van der Waals surface area (Å²) in [5, 5.41) is 0. The molecule has 2 rings (SSSR count). The van der Waals surface area contributed by atoms with Crippen LogP contribution in [0.25, 0.3) is 0 Å². The average Bonchev–Trinajstić information content (AvgIpc) is 2.53. The number of amides is 1. The number of rotatable bonds is 5. The normalized spacial score (nSPS) is 21.7. The molecule has 1 amide bonds. The highest BCUT2D eigenvalue weighted by Crippen LogP contribution is 2.34. The predicted molar refractivity (Wildman–Crippen MR) is 83.8 cm³/mol. The van der Waals surface area contributed by atoms with Gasteiger partial charge in [0, 0.05) is 19.5 Å². The number of esters is 1. The number of Topliss-reactive ketones (excluding diaryl/α,β-unsaturated/α-hetero) is 1. The van der Waals surface area contributed by atoms with Crippen LogP contribution in [0.5, 0.6) is 0 Å². The fraction of sp³-hybridized carbons (Fsp3) is 0.824. The molecule has 1 aliphatic heterocycles. The zero-order valence-corrected chi connectivity index (χ0v) is 14.1. The fourth-order valence-electron chi connectivity index (χ4n) is 3.50. The van der Waals surface area contributed by atoms with E-state index < -0.39 is 11.9 Å². The van der Waals surface area contributed by atoms with Crippen LogP contribution in [0.4, 0.5) is 0 Å². The van der Waals surface area contributed by atoms with Gasteiger partial charge in [0.1, 0.15) is 11.7 Å². The lowest BCUT2D eigenvalue weighted by Crippen LogP contribution is -2.54. The van der Waals surface area contributed by atoms with E-state index in [2.05, 4.69) is 0 Å². The van der Waals surface area contributed by atoms with E-state index in [1.54, 1.807) is 11.8 Å². The Hall–Kier alpha value is -1.43. The largest absolute Gasteiger partial charge is 0.465 e. The number of ketones is 1. The van der Waals surface area contributed by atoms with Gasteiger partial charge in [-0.15, -0.1) is 0 Å². The summed E-state index contributed by atoms with van der Waals surface area (Å²) in [5.74, 6) is -2.08. The Bertz CT molecular complexity index is 450. The van der Waals surface area contributed by atoms with Crippen molar-refractivity contribution < 1.29 is 23.9 Å². The summed E-state index contributed by atoms with van der Waals surface area (Å²) in [6, 6.07) is 0. The van der Waals surface area contributed by atoms with Crippen LogP contribution < -0.4 is 0 Å². The number of carbonyl (C=O) groups excluding carboxylic acids is 3. The van der Waals surface area contributed by atoms with Crippen LogP contribution in [0.15, 0.2) is 0 Å². The SMILES string of the molecule is CCOC(=O)[C@@H](CC(=O)N1CCOC2(CCCCC2)C1)C(C)=O. The molecule has 2 fully saturated rings. The van der Waals surface area contributed by atoms with Crippen molar-refractivity contribution in [2.75, 3.05) is 26.3 Å². The van der Waals surface area contributed by atoms with Gasteiger partial charge >= 0.3 is 5.97 Å². The molecule has 1 saturated heterocycles. The molecule has 1 saturated carbocycles. The lowest BCUT2D eigenvalue weighted by molar-refractivity contribution is -0.162. The highest BCUT2D eigenvalue weighted by molar-refractivity contribution is 6.01. The molecule has 23 heavy (non-hydrogen) atoms. The Morgan fingerprint density at radius 2 is 1.91 bits per heavy atom. The van der Waals surface area contributed by atoms with Crippen molar-refractivity contribution in [3.05, 3.63) is 0 Å². The minimum absolute atomic E-state index is 0.107. The van der Waals surface area contributed by atoms with Gasteiger partial charge in [-0.1, -0.05) is 19.3 Å². The Morgan fingerprint density at radius 1 is 1.22 bits per heavy atom. The van der Waals surface area contributed by atoms with E-state index in [0.29, 0.717) is 19.7 Å². The van der Waals surface area contributed by atoms with Gasteiger partial charge in [0.05, 0.1) is 18.8 Å². The third-order valence-electron chi connectivity index (χ3n) is 4.81. The van der Waals surface area contributed by atoms with Crippen molar-refractivity contribution in [1.29, 1.82) is 0 Å². The van der Waals surface area contributed by atoms with Crippen molar-refractivity contribution in [1.82, 2.24) is 4.90 Å². The molecule has 1 spiro atoms. The van der Waals surface area contributed by atoms with Gasteiger partial charge in [-0.2, -0.15) is 0 Å². The summed E-state index contributed by atoms with van der Waals surface area (Å²) >= 11 is 0. The summed E-state index contributed by atoms with van der Waals surface area (Å²) in [6.07, 6.45) is 5.32. The lowest BCUT2D eigenvalue weighted by Gasteiger charge is -2.45. The first-order chi connectivity index (χ1) is 11.0. The van der Waals surface area contributed by atoms with Crippen molar-refractivity contribution in [3.8, 4) is 0 Å². The molecule has 0 radical (unpaired) electrons. The quantitative estimate of drug-likeness (QED) is 0.568. The van der Waals surface area contributed by atoms with Crippen molar-refractivity contribution in [2.45, 2.75) is 58.0 Å². The number of nitrogens with zero attached hydrogens (tertiary/aromatic N) is 1. The van der Waals surface area contributed by atoms with Crippen LogP contribution in [-0.4, -0.2) is 54.5 Å². The van der Waals surface area contributed by atoms with E-state index in [-0.39, 0.29) is 30.3 Å². The number of carbonyl (C=O) groups is 3. The van der Waals surface area contributed by atoms with Gasteiger partial charge in [0.15, 0.2) is 0 Å². The van der Waals surface area contributed by atoms with E-state index in [1.807, 2.05) is 0 Å². The third-order valence-corrected chi connectivity index (χ3v) is 4.81. The summed E-state index contributed by atoms with van der Waals surface area (Å²) in [5.41, 5.74) is -0.220. The molecule has 0 bridgehead atoms. The monoisotopic (exact) mass is 325 g/mol. The lowest BCUT2D eigenvalue weighted by atomic mass is 9.83. The van der Waals surface area contributed by atoms with E-state index in [4.69, 9.17) is 9.47 Å². The number of hydrogen-bond acceptors (Lipinski definition) is 5. The molecular weight excluding hydrogens is 298 g/mol. The van der Waals surface area contributed by atoms with Crippen molar-refractivity contribution in [3.63, 3.8) is 0 Å². The standard InChI is InChI=1S/C17H27NO5/c1-3-22-16(21)14(13(2)19)11-15(20)18-9-10-23-17(12-18)7-5-4-6-8-17/h14H,3-12H2,1-2H3/t14-/m0/s1. The van der Waals surface area contributed by atoms with E-state index >= 15 is 0 Å². The first-order valence-corrected chi connectivity index (χ1v) is 8.56. The molecule has 6 heteroatoms. The summed E-state index contributed by atoms with van der Waals surface area (Å²) in [6.45, 7) is 4.84. The second kappa shape index (κ2) is 7.90. The summed E-state index contributed by atoms with van der Waals surface area (Å²) in [4.78, 5) is 37.8. The zero-order chi connectivity index (χ0) is 16.9. The molecule has 130 valence electrons. The van der Waals surface area contributed by atoms with Crippen LogP contribution in [-0.2, 0) is 23.9 Å². The van der Waals surface area contributed by atoms with Crippen molar-refractivity contribution in [2.24, 2.45) is 5.92 Å². The predicted octanol–water partition coefficient (Wildman–Crippen LogP) is 1.71. The molecule has 1 aliphatic carbocycles. The molecule has 0 N–H and O–H groups in total. The highest BCUT2D eigenvalue weighted by Gasteiger charge is 2.40. The molecule has 1 atom stereocenters. The van der Waals surface area contributed by atoms with Crippen LogP contribution in [0.1, 0.15) is 52.4 Å². The second-order valence-electron chi connectivity index (χ2n) is 6.53. The second-order valence-corrected chi connectivity index (χ2v) is 6.53. The minimum atomic E-state index is -0.993. The number of morpholine rings is 1. The molecular formula is C17H27NO5. The number of ether oxygens (including phenoxy) is 2. The Kier molecular flexibility index (Phi) is 6.16. The van der Waals surface area contributed by atoms with Gasteiger partial charge < -0.3 is 14.4 Å². The molecule has 0 aromatic carbocycles. The summed E-state index contributed by atoms with van der Waals surface area (Å²) < 4.78 is 10.9. The van der Waals surface area contributed by atoms with Crippen LogP contribution in [0, 0.1) is 5.92 Å². The van der Waals surface area contributed by atoms with Gasteiger partial charge in [-0.25, -0.2) is 0 Å². The Labute approximate surface area is 137 Å². The van der Waals surface area contributed by atoms with Gasteiger partial charge in [0.2, 0.25) is 5.91 Å². The molecule has 1 heterocycles. The Balaban J connectivity index is 1.98. The van der Waals surface area contributed by atoms with Crippen molar-refractivity contribution >= 4 is 17.7 Å². The first-order valence-electron chi connectivity index (χ1n) is 8.56. The van der Waals surface area contributed by atoms with E-state index in [1.165, 1.54) is 13.3 Å². The fourth-order valence-corrected chi connectivity index (χ4v) is 3.50. The molecule has 6 nitrogen and oxygen atoms in total. The van der Waals surface area contributed by atoms with Gasteiger partial charge in [-0.3, -0.25) is 14.4 Å². The van der Waals surface area contributed by atoms with Crippen LogP contribution in [0.2, 0.25) is 0 Å². The van der Waals surface area contributed by atoms with E-state index in [9.17, 15) is 14.4 Å². The molecule has 2 aliphatic rings. The van der Waals surface area contributed by atoms with Crippen LogP contribution >= 0.6 is 0 Å².